The van der Waals surface area contributed by atoms with Crippen LogP contribution in [0.25, 0.3) is 11.1 Å². The fourth-order valence-corrected chi connectivity index (χ4v) is 5.40. The van der Waals surface area contributed by atoms with E-state index < -0.39 is 5.79 Å². The first kappa shape index (κ1) is 20.2. The zero-order valence-electron chi connectivity index (χ0n) is 17.4. The summed E-state index contributed by atoms with van der Waals surface area (Å²) in [5.41, 5.74) is 2.74. The number of benzene rings is 1. The minimum absolute atomic E-state index is 0.00129. The van der Waals surface area contributed by atoms with Gasteiger partial charge in [-0.2, -0.15) is 0 Å². The van der Waals surface area contributed by atoms with Crippen LogP contribution >= 0.6 is 11.3 Å². The summed E-state index contributed by atoms with van der Waals surface area (Å²) >= 11 is 1.54. The Morgan fingerprint density at radius 2 is 1.84 bits per heavy atom. The van der Waals surface area contributed by atoms with Crippen molar-refractivity contribution in [2.75, 3.05) is 38.3 Å². The molecule has 5 rings (SSSR count). The SMILES string of the molecule is COc1cccc(C(=O)c2cc(-c3ccncc3)c(N3CCC4(CC3)OCCO4)s2)c1. The Morgan fingerprint density at radius 3 is 2.55 bits per heavy atom. The molecule has 2 saturated heterocycles. The van der Waals surface area contributed by atoms with Gasteiger partial charge in [0, 0.05) is 49.5 Å². The fourth-order valence-electron chi connectivity index (χ4n) is 4.21. The van der Waals surface area contributed by atoms with Crippen LogP contribution in [0, 0.1) is 0 Å². The Bertz CT molecular complexity index is 1070. The number of nitrogens with zero attached hydrogens (tertiary/aromatic N) is 2. The van der Waals surface area contributed by atoms with Gasteiger partial charge in [0.2, 0.25) is 5.78 Å². The van der Waals surface area contributed by atoms with Crippen molar-refractivity contribution < 1.29 is 19.0 Å². The van der Waals surface area contributed by atoms with E-state index in [1.807, 2.05) is 36.4 Å². The van der Waals surface area contributed by atoms with E-state index in [0.29, 0.717) is 29.4 Å². The molecule has 3 aromatic rings. The molecule has 2 aromatic heterocycles. The number of anilines is 1. The van der Waals surface area contributed by atoms with E-state index in [9.17, 15) is 4.79 Å². The molecule has 0 atom stereocenters. The lowest BCUT2D eigenvalue weighted by atomic mass is 10.0. The first-order valence-electron chi connectivity index (χ1n) is 10.4. The van der Waals surface area contributed by atoms with Crippen molar-refractivity contribution in [2.45, 2.75) is 18.6 Å². The van der Waals surface area contributed by atoms with Crippen LogP contribution in [0.1, 0.15) is 28.1 Å². The van der Waals surface area contributed by atoms with Crippen molar-refractivity contribution in [3.05, 3.63) is 65.3 Å². The minimum Gasteiger partial charge on any atom is -0.497 e. The second-order valence-corrected chi connectivity index (χ2v) is 8.75. The Kier molecular flexibility index (Phi) is 5.48. The van der Waals surface area contributed by atoms with Gasteiger partial charge in [0.25, 0.3) is 0 Å². The number of thiophene rings is 1. The maximum absolute atomic E-state index is 13.3. The number of rotatable bonds is 5. The van der Waals surface area contributed by atoms with E-state index in [4.69, 9.17) is 14.2 Å². The van der Waals surface area contributed by atoms with E-state index in [1.54, 1.807) is 36.9 Å². The van der Waals surface area contributed by atoms with Crippen LogP contribution in [-0.2, 0) is 9.47 Å². The third-order valence-corrected chi connectivity index (χ3v) is 7.08. The van der Waals surface area contributed by atoms with Gasteiger partial charge >= 0.3 is 0 Å². The summed E-state index contributed by atoms with van der Waals surface area (Å²) in [6, 6.07) is 13.3. The van der Waals surface area contributed by atoms with Gasteiger partial charge in [-0.1, -0.05) is 12.1 Å². The molecule has 0 aliphatic carbocycles. The second kappa shape index (κ2) is 8.42. The minimum atomic E-state index is -0.427. The smallest absolute Gasteiger partial charge is 0.203 e. The topological polar surface area (TPSA) is 60.9 Å². The predicted molar refractivity (Wildman–Crippen MR) is 120 cm³/mol. The van der Waals surface area contributed by atoms with E-state index >= 15 is 0 Å². The molecule has 31 heavy (non-hydrogen) atoms. The van der Waals surface area contributed by atoms with Crippen LogP contribution in [0.2, 0.25) is 0 Å². The van der Waals surface area contributed by atoms with Gasteiger partial charge < -0.3 is 19.1 Å². The quantitative estimate of drug-likeness (QED) is 0.553. The molecule has 0 unspecified atom stereocenters. The van der Waals surface area contributed by atoms with Crippen molar-refractivity contribution in [3.63, 3.8) is 0 Å². The average Bonchev–Trinajstić information content (AvgIpc) is 3.48. The van der Waals surface area contributed by atoms with Crippen LogP contribution in [0.4, 0.5) is 5.00 Å². The lowest BCUT2D eigenvalue weighted by molar-refractivity contribution is -0.169. The van der Waals surface area contributed by atoms with E-state index in [-0.39, 0.29) is 5.78 Å². The standard InChI is InChI=1S/C24H24N2O4S/c1-28-19-4-2-3-18(15-19)22(27)21-16-20(17-5-9-25-10-6-17)23(31-21)26-11-7-24(8-12-26)29-13-14-30-24/h2-6,9-10,15-16H,7-8,11-14H2,1H3. The van der Waals surface area contributed by atoms with Crippen molar-refractivity contribution in [1.82, 2.24) is 4.98 Å². The number of ether oxygens (including phenoxy) is 3. The van der Waals surface area contributed by atoms with Gasteiger partial charge in [-0.05, 0) is 35.9 Å². The third kappa shape index (κ3) is 3.96. The molecule has 1 aromatic carbocycles. The molecule has 6 nitrogen and oxygen atoms in total. The molecular formula is C24H24N2O4S. The highest BCUT2D eigenvalue weighted by Gasteiger charge is 2.40. The molecule has 1 spiro atoms. The number of carbonyl (C=O) groups is 1. The molecule has 160 valence electrons. The van der Waals surface area contributed by atoms with Crippen LogP contribution in [0.5, 0.6) is 5.75 Å². The normalized spacial score (nSPS) is 17.8. The molecule has 0 bridgehead atoms. The lowest BCUT2D eigenvalue weighted by Gasteiger charge is -2.38. The molecule has 2 aliphatic rings. The van der Waals surface area contributed by atoms with Gasteiger partial charge in [-0.3, -0.25) is 9.78 Å². The Labute approximate surface area is 185 Å². The van der Waals surface area contributed by atoms with Gasteiger partial charge in [0.1, 0.15) is 5.75 Å². The highest BCUT2D eigenvalue weighted by atomic mass is 32.1. The maximum Gasteiger partial charge on any atom is 0.203 e. The number of pyridine rings is 1. The van der Waals surface area contributed by atoms with Crippen molar-refractivity contribution in [2.24, 2.45) is 0 Å². The molecule has 0 N–H and O–H groups in total. The lowest BCUT2D eigenvalue weighted by Crippen LogP contribution is -2.45. The molecule has 2 fully saturated rings. The summed E-state index contributed by atoms with van der Waals surface area (Å²) in [4.78, 5) is 20.5. The fraction of sp³-hybridized carbons (Fsp3) is 0.333. The number of aromatic nitrogens is 1. The number of hydrogen-bond donors (Lipinski definition) is 0. The summed E-state index contributed by atoms with van der Waals surface area (Å²) in [7, 11) is 1.61. The first-order valence-corrected chi connectivity index (χ1v) is 11.2. The van der Waals surface area contributed by atoms with Crippen LogP contribution in [-0.4, -0.2) is 50.0 Å². The highest BCUT2D eigenvalue weighted by Crippen LogP contribution is 2.42. The van der Waals surface area contributed by atoms with Gasteiger partial charge in [-0.15, -0.1) is 11.3 Å². The summed E-state index contributed by atoms with van der Waals surface area (Å²) in [5.74, 6) is 0.250. The van der Waals surface area contributed by atoms with Crippen molar-refractivity contribution in [3.8, 4) is 16.9 Å². The van der Waals surface area contributed by atoms with Gasteiger partial charge in [0.05, 0.1) is 30.2 Å². The maximum atomic E-state index is 13.3. The summed E-state index contributed by atoms with van der Waals surface area (Å²) in [6.07, 6.45) is 5.21. The monoisotopic (exact) mass is 436 g/mol. The van der Waals surface area contributed by atoms with Crippen LogP contribution in [0.3, 0.4) is 0 Å². The largest absolute Gasteiger partial charge is 0.497 e. The Balaban J connectivity index is 1.48. The molecule has 0 saturated carbocycles. The number of methoxy groups -OCH3 is 1. The number of ketones is 1. The van der Waals surface area contributed by atoms with Crippen LogP contribution in [0.15, 0.2) is 54.9 Å². The summed E-state index contributed by atoms with van der Waals surface area (Å²) in [6.45, 7) is 2.98. The molecule has 4 heterocycles. The highest BCUT2D eigenvalue weighted by molar-refractivity contribution is 7.18. The number of piperidine rings is 1. The molecule has 7 heteroatoms. The molecule has 2 aliphatic heterocycles. The van der Waals surface area contributed by atoms with Gasteiger partial charge in [-0.25, -0.2) is 0 Å². The zero-order chi connectivity index (χ0) is 21.3. The Hall–Kier alpha value is -2.74. The number of carbonyl (C=O) groups excluding carboxylic acids is 1. The Morgan fingerprint density at radius 1 is 1.10 bits per heavy atom. The van der Waals surface area contributed by atoms with Crippen molar-refractivity contribution >= 4 is 22.1 Å². The van der Waals surface area contributed by atoms with Crippen LogP contribution < -0.4 is 9.64 Å². The molecular weight excluding hydrogens is 412 g/mol. The summed E-state index contributed by atoms with van der Waals surface area (Å²) in [5, 5.41) is 1.10. The first-order chi connectivity index (χ1) is 15.2. The predicted octanol–water partition coefficient (Wildman–Crippen LogP) is 4.39. The second-order valence-electron chi connectivity index (χ2n) is 7.72. The van der Waals surface area contributed by atoms with E-state index in [2.05, 4.69) is 9.88 Å². The average molecular weight is 437 g/mol. The van der Waals surface area contributed by atoms with Crippen molar-refractivity contribution in [1.29, 1.82) is 0 Å². The molecule has 0 radical (unpaired) electrons. The molecule has 0 amide bonds. The third-order valence-electron chi connectivity index (χ3n) is 5.89. The van der Waals surface area contributed by atoms with Gasteiger partial charge in [0.15, 0.2) is 5.79 Å². The zero-order valence-corrected chi connectivity index (χ0v) is 18.2. The van der Waals surface area contributed by atoms with E-state index in [1.165, 1.54) is 0 Å². The number of hydrogen-bond acceptors (Lipinski definition) is 7. The van der Waals surface area contributed by atoms with E-state index in [0.717, 1.165) is 42.1 Å². The summed E-state index contributed by atoms with van der Waals surface area (Å²) < 4.78 is 17.1.